The average Bonchev–Trinajstić information content (AvgIpc) is 3.56. The zero-order valence-corrected chi connectivity index (χ0v) is 18.7. The highest BCUT2D eigenvalue weighted by Gasteiger charge is 2.16. The van der Waals surface area contributed by atoms with E-state index >= 15 is 0 Å². The Labute approximate surface area is 204 Å². The molecule has 4 aromatic carbocycles. The van der Waals surface area contributed by atoms with Gasteiger partial charge in [-0.25, -0.2) is 4.98 Å². The highest BCUT2D eigenvalue weighted by atomic mass is 16.6. The molecule has 0 aliphatic rings. The molecule has 0 bridgehead atoms. The van der Waals surface area contributed by atoms with Crippen LogP contribution in [0.4, 0.5) is 11.4 Å². The smallest absolute Gasteiger partial charge is 0.291 e. The molecule has 0 unspecified atom stereocenters. The Morgan fingerprint density at radius 2 is 1.67 bits per heavy atom. The summed E-state index contributed by atoms with van der Waals surface area (Å²) in [7, 11) is 0. The largest absolute Gasteiger partial charge is 0.451 e. The van der Waals surface area contributed by atoms with Crippen LogP contribution >= 0.6 is 0 Å². The van der Waals surface area contributed by atoms with Gasteiger partial charge in [0, 0.05) is 28.9 Å². The minimum atomic E-state index is -0.481. The molecule has 1 N–H and O–H groups in total. The predicted octanol–water partition coefficient (Wildman–Crippen LogP) is 7.07. The Kier molecular flexibility index (Phi) is 5.04. The molecule has 0 fully saturated rings. The van der Waals surface area contributed by atoms with Gasteiger partial charge in [-0.2, -0.15) is 0 Å². The van der Waals surface area contributed by atoms with Crippen molar-refractivity contribution in [2.24, 2.45) is 0 Å². The maximum atomic E-state index is 12.8. The van der Waals surface area contributed by atoms with Gasteiger partial charge in [0.25, 0.3) is 11.6 Å². The number of non-ortho nitro benzene ring substituents is 1. The van der Waals surface area contributed by atoms with Crippen LogP contribution in [0.3, 0.4) is 0 Å². The molecule has 0 aliphatic heterocycles. The number of hydrogen-bond acceptors (Lipinski definition) is 6. The molecule has 0 saturated heterocycles. The number of anilines is 1. The minimum Gasteiger partial charge on any atom is -0.451 e. The van der Waals surface area contributed by atoms with Gasteiger partial charge < -0.3 is 14.2 Å². The molecule has 36 heavy (non-hydrogen) atoms. The van der Waals surface area contributed by atoms with E-state index in [-0.39, 0.29) is 11.4 Å². The quantitative estimate of drug-likeness (QED) is 0.211. The van der Waals surface area contributed by atoms with Crippen LogP contribution in [0.2, 0.25) is 0 Å². The maximum absolute atomic E-state index is 12.8. The standard InChI is InChI=1S/C28H17N3O5/c32-27(26-13-12-24(35-26)19-6-3-7-22(15-19)31(33)34)29-21-10-11-25-23(16-21)30-28(36-25)20-9-8-17-4-1-2-5-18(17)14-20/h1-16H,(H,29,32). The second kappa shape index (κ2) is 8.52. The fourth-order valence-electron chi connectivity index (χ4n) is 4.03. The first-order valence-corrected chi connectivity index (χ1v) is 11.1. The molecule has 1 amide bonds. The van der Waals surface area contributed by atoms with E-state index in [1.54, 1.807) is 36.4 Å². The van der Waals surface area contributed by atoms with Crippen molar-refractivity contribution in [2.75, 3.05) is 5.32 Å². The normalized spacial score (nSPS) is 11.1. The monoisotopic (exact) mass is 475 g/mol. The number of nitro benzene ring substituents is 1. The minimum absolute atomic E-state index is 0.0566. The number of aromatic nitrogens is 1. The van der Waals surface area contributed by atoms with E-state index < -0.39 is 10.8 Å². The third kappa shape index (κ3) is 3.97. The van der Waals surface area contributed by atoms with E-state index in [0.717, 1.165) is 16.3 Å². The van der Waals surface area contributed by atoms with Crippen molar-refractivity contribution in [2.45, 2.75) is 0 Å². The van der Waals surface area contributed by atoms with Gasteiger partial charge in [-0.05, 0) is 53.2 Å². The Hall–Kier alpha value is -5.24. The molecule has 6 aromatic rings. The molecule has 0 atom stereocenters. The number of nitro groups is 1. The van der Waals surface area contributed by atoms with Gasteiger partial charge in [0.2, 0.25) is 5.89 Å². The number of rotatable bonds is 5. The van der Waals surface area contributed by atoms with Crippen LogP contribution in [0.25, 0.3) is 44.7 Å². The summed E-state index contributed by atoms with van der Waals surface area (Å²) in [6, 6.07) is 28.4. The number of nitrogens with zero attached hydrogens (tertiary/aromatic N) is 2. The summed E-state index contributed by atoms with van der Waals surface area (Å²) in [5, 5.41) is 16.0. The van der Waals surface area contributed by atoms with Gasteiger partial charge in [-0.1, -0.05) is 42.5 Å². The van der Waals surface area contributed by atoms with Crippen molar-refractivity contribution in [3.8, 4) is 22.8 Å². The van der Waals surface area contributed by atoms with Gasteiger partial charge >= 0.3 is 0 Å². The number of nitrogens with one attached hydrogen (secondary N) is 1. The molecule has 8 heteroatoms. The van der Waals surface area contributed by atoms with E-state index in [2.05, 4.69) is 10.3 Å². The lowest BCUT2D eigenvalue weighted by Gasteiger charge is -2.02. The molecule has 0 spiro atoms. The van der Waals surface area contributed by atoms with E-state index in [1.807, 2.05) is 42.5 Å². The molecule has 0 saturated carbocycles. The fraction of sp³-hybridized carbons (Fsp3) is 0. The highest BCUT2D eigenvalue weighted by molar-refractivity contribution is 6.03. The van der Waals surface area contributed by atoms with Crippen LogP contribution in [-0.4, -0.2) is 15.8 Å². The Morgan fingerprint density at radius 3 is 2.53 bits per heavy atom. The topological polar surface area (TPSA) is 111 Å². The SMILES string of the molecule is O=C(Nc1ccc2oc(-c3ccc4ccccc4c3)nc2c1)c1ccc(-c2cccc([N+](=O)[O-])c2)o1. The number of oxazole rings is 1. The van der Waals surface area contributed by atoms with E-state index in [4.69, 9.17) is 8.83 Å². The van der Waals surface area contributed by atoms with Gasteiger partial charge in [-0.3, -0.25) is 14.9 Å². The average molecular weight is 475 g/mol. The summed E-state index contributed by atoms with van der Waals surface area (Å²) in [6.45, 7) is 0. The van der Waals surface area contributed by atoms with Gasteiger partial charge in [0.1, 0.15) is 11.3 Å². The van der Waals surface area contributed by atoms with Crippen LogP contribution in [0, 0.1) is 10.1 Å². The Balaban J connectivity index is 1.23. The summed E-state index contributed by atoms with van der Waals surface area (Å²) in [5.41, 5.74) is 3.04. The van der Waals surface area contributed by atoms with Crippen molar-refractivity contribution in [1.82, 2.24) is 4.98 Å². The van der Waals surface area contributed by atoms with Crippen LogP contribution in [0.15, 0.2) is 106 Å². The van der Waals surface area contributed by atoms with Gasteiger partial charge in [-0.15, -0.1) is 0 Å². The van der Waals surface area contributed by atoms with Crippen molar-refractivity contribution >= 4 is 39.2 Å². The molecule has 2 heterocycles. The first-order chi connectivity index (χ1) is 17.5. The van der Waals surface area contributed by atoms with E-state index in [9.17, 15) is 14.9 Å². The second-order valence-corrected chi connectivity index (χ2v) is 8.19. The number of carbonyl (C=O) groups excluding carboxylic acids is 1. The predicted molar refractivity (Wildman–Crippen MR) is 136 cm³/mol. The lowest BCUT2D eigenvalue weighted by Crippen LogP contribution is -2.10. The van der Waals surface area contributed by atoms with Crippen LogP contribution in [0.5, 0.6) is 0 Å². The third-order valence-electron chi connectivity index (χ3n) is 5.81. The Morgan fingerprint density at radius 1 is 0.806 bits per heavy atom. The van der Waals surface area contributed by atoms with Crippen molar-refractivity contribution in [1.29, 1.82) is 0 Å². The highest BCUT2D eigenvalue weighted by Crippen LogP contribution is 2.29. The van der Waals surface area contributed by atoms with E-state index in [1.165, 1.54) is 18.2 Å². The number of hydrogen-bond donors (Lipinski definition) is 1. The van der Waals surface area contributed by atoms with Crippen molar-refractivity contribution < 1.29 is 18.6 Å². The molecular weight excluding hydrogens is 458 g/mol. The summed E-state index contributed by atoms with van der Waals surface area (Å²) in [4.78, 5) is 27.9. The van der Waals surface area contributed by atoms with Gasteiger partial charge in [0.15, 0.2) is 11.3 Å². The number of furan rings is 1. The number of benzene rings is 4. The molecule has 6 rings (SSSR count). The number of fused-ring (bicyclic) bond motifs is 2. The molecular formula is C28H17N3O5. The molecule has 0 aliphatic carbocycles. The lowest BCUT2D eigenvalue weighted by molar-refractivity contribution is -0.384. The fourth-order valence-corrected chi connectivity index (χ4v) is 4.03. The van der Waals surface area contributed by atoms with Crippen molar-refractivity contribution in [3.05, 3.63) is 113 Å². The Bertz CT molecular complexity index is 1780. The number of amides is 1. The lowest BCUT2D eigenvalue weighted by atomic mass is 10.1. The summed E-state index contributed by atoms with van der Waals surface area (Å²) in [5.74, 6) is 0.473. The first kappa shape index (κ1) is 21.3. The summed E-state index contributed by atoms with van der Waals surface area (Å²) >= 11 is 0. The summed E-state index contributed by atoms with van der Waals surface area (Å²) < 4.78 is 11.6. The number of carbonyl (C=O) groups is 1. The molecule has 174 valence electrons. The third-order valence-corrected chi connectivity index (χ3v) is 5.81. The maximum Gasteiger partial charge on any atom is 0.291 e. The zero-order valence-electron chi connectivity index (χ0n) is 18.7. The van der Waals surface area contributed by atoms with E-state index in [0.29, 0.717) is 34.0 Å². The second-order valence-electron chi connectivity index (χ2n) is 8.19. The van der Waals surface area contributed by atoms with Crippen LogP contribution in [0.1, 0.15) is 10.6 Å². The zero-order chi connectivity index (χ0) is 24.6. The van der Waals surface area contributed by atoms with Crippen LogP contribution in [-0.2, 0) is 0 Å². The summed E-state index contributed by atoms with van der Waals surface area (Å²) in [6.07, 6.45) is 0. The van der Waals surface area contributed by atoms with Gasteiger partial charge in [0.05, 0.1) is 4.92 Å². The first-order valence-electron chi connectivity index (χ1n) is 11.1. The van der Waals surface area contributed by atoms with Crippen molar-refractivity contribution in [3.63, 3.8) is 0 Å². The van der Waals surface area contributed by atoms with Crippen LogP contribution < -0.4 is 5.32 Å². The molecule has 8 nitrogen and oxygen atoms in total. The molecule has 0 radical (unpaired) electrons. The molecule has 2 aromatic heterocycles.